The van der Waals surface area contributed by atoms with E-state index in [1.165, 1.54) is 0 Å². The minimum atomic E-state index is -1.28. The molecule has 3 aliphatic carbocycles. The number of carbonyl (C=O) groups excluding carboxylic acids is 2. The highest BCUT2D eigenvalue weighted by Crippen LogP contribution is 2.73. The molecule has 2 amide bonds. The smallest absolute Gasteiger partial charge is 0.254 e. The van der Waals surface area contributed by atoms with Crippen molar-refractivity contribution < 1.29 is 14.0 Å². The van der Waals surface area contributed by atoms with E-state index in [1.807, 2.05) is 86.7 Å². The van der Waals surface area contributed by atoms with Gasteiger partial charge in [-0.05, 0) is 93.2 Å². The van der Waals surface area contributed by atoms with E-state index in [2.05, 4.69) is 22.5 Å². The number of nitrogens with two attached hydrogens (primary N) is 1. The molecule has 10 nitrogen and oxygen atoms in total. The van der Waals surface area contributed by atoms with Crippen molar-refractivity contribution in [3.63, 3.8) is 0 Å². The average Bonchev–Trinajstić information content (AvgIpc) is 3.86. The van der Waals surface area contributed by atoms with Crippen molar-refractivity contribution in [3.05, 3.63) is 118 Å². The number of hydrogen-bond acceptors (Lipinski definition) is 7. The Balaban J connectivity index is 0.956. The molecule has 3 aromatic heterocycles. The maximum absolute atomic E-state index is 14.2. The largest absolute Gasteiger partial charge is 0.404 e. The molecular formula is C46H47FN8O2. The van der Waals surface area contributed by atoms with Crippen molar-refractivity contribution in [2.24, 2.45) is 28.0 Å². The molecule has 5 aliphatic rings. The number of fused-ring (bicyclic) bond motifs is 2. The molecule has 2 unspecified atom stereocenters. The van der Waals surface area contributed by atoms with Crippen molar-refractivity contribution in [1.82, 2.24) is 30.0 Å². The fourth-order valence-electron chi connectivity index (χ4n) is 9.54. The van der Waals surface area contributed by atoms with Crippen molar-refractivity contribution in [2.75, 3.05) is 13.6 Å². The molecule has 3 fully saturated rings. The number of alkyl halides is 1. The number of pyridine rings is 2. The molecule has 5 heterocycles. The van der Waals surface area contributed by atoms with E-state index in [1.54, 1.807) is 30.9 Å². The van der Waals surface area contributed by atoms with E-state index < -0.39 is 5.67 Å². The van der Waals surface area contributed by atoms with Gasteiger partial charge in [0.2, 0.25) is 0 Å². The first-order chi connectivity index (χ1) is 27.3. The highest BCUT2D eigenvalue weighted by atomic mass is 19.1. The van der Waals surface area contributed by atoms with Crippen LogP contribution in [0, 0.1) is 31.1 Å². The molecule has 0 saturated heterocycles. The van der Waals surface area contributed by atoms with Gasteiger partial charge in [0, 0.05) is 108 Å². The zero-order valence-electron chi connectivity index (χ0n) is 33.0. The first-order valence-corrected chi connectivity index (χ1v) is 19.7. The second-order valence-electron chi connectivity index (χ2n) is 17.0. The highest BCUT2D eigenvalue weighted by Gasteiger charge is 2.68. The van der Waals surface area contributed by atoms with E-state index in [9.17, 15) is 14.0 Å². The zero-order chi connectivity index (χ0) is 39.8. The first-order valence-electron chi connectivity index (χ1n) is 19.7. The third-order valence-electron chi connectivity index (χ3n) is 12.6. The van der Waals surface area contributed by atoms with E-state index >= 15 is 0 Å². The summed E-state index contributed by atoms with van der Waals surface area (Å²) in [6.45, 7) is 8.72. The van der Waals surface area contributed by atoms with Gasteiger partial charge in [0.05, 0.1) is 23.6 Å². The Morgan fingerprint density at radius 1 is 0.965 bits per heavy atom. The summed E-state index contributed by atoms with van der Waals surface area (Å²) >= 11 is 0. The number of nitrogens with one attached hydrogen (secondary N) is 1. The van der Waals surface area contributed by atoms with Crippen molar-refractivity contribution in [2.45, 2.75) is 71.8 Å². The molecule has 2 aromatic carbocycles. The number of aryl methyl sites for hydroxylation is 3. The van der Waals surface area contributed by atoms with Crippen LogP contribution in [0.3, 0.4) is 0 Å². The van der Waals surface area contributed by atoms with Crippen LogP contribution in [-0.2, 0) is 13.1 Å². The second kappa shape index (κ2) is 13.6. The number of benzene rings is 2. The lowest BCUT2D eigenvalue weighted by Gasteiger charge is -2.70. The number of aliphatic imine (C=N–C) groups is 1. The molecule has 3 saturated carbocycles. The van der Waals surface area contributed by atoms with Gasteiger partial charge < -0.3 is 16.0 Å². The molecule has 11 heteroatoms. The Labute approximate surface area is 332 Å². The van der Waals surface area contributed by atoms with Crippen molar-refractivity contribution in [1.29, 1.82) is 0 Å². The van der Waals surface area contributed by atoms with E-state index in [-0.39, 0.29) is 23.3 Å². The number of amides is 2. The summed E-state index contributed by atoms with van der Waals surface area (Å²) in [5, 5.41) is 7.40. The normalized spacial score (nSPS) is 22.4. The Morgan fingerprint density at radius 2 is 1.68 bits per heavy atom. The quantitative estimate of drug-likeness (QED) is 0.132. The summed E-state index contributed by atoms with van der Waals surface area (Å²) in [5.74, 6) is 0.805. The number of hydrogen-bond donors (Lipinski definition) is 2. The van der Waals surface area contributed by atoms with Crippen LogP contribution in [0.2, 0.25) is 0 Å². The molecule has 3 N–H and O–H groups in total. The van der Waals surface area contributed by atoms with Crippen LogP contribution in [0.15, 0.2) is 84.2 Å². The van der Waals surface area contributed by atoms with Crippen molar-refractivity contribution in [3.8, 4) is 33.6 Å². The number of halogens is 1. The van der Waals surface area contributed by atoms with Gasteiger partial charge in [0.25, 0.3) is 11.8 Å². The van der Waals surface area contributed by atoms with Crippen LogP contribution < -0.4 is 11.1 Å². The third kappa shape index (κ3) is 6.33. The Kier molecular flexibility index (Phi) is 8.75. The number of nitrogens with zero attached hydrogens (tertiary/aromatic N) is 6. The molecule has 2 atom stereocenters. The SMILES string of the molecule is Cc1ccc(C(C=NCC23CC(C2)C3C2c3ccc(-c4nc(C)ccc4-c4cnn(CCC(C)(C)F)c4)cc3C(=O)N2C)=CN)c(-c2ccc3c(c2)C(=O)NC3)n1. The summed E-state index contributed by atoms with van der Waals surface area (Å²) in [6, 6.07) is 20.1. The number of aromatic nitrogens is 4. The number of rotatable bonds is 11. The van der Waals surface area contributed by atoms with Crippen molar-refractivity contribution >= 4 is 23.6 Å². The molecule has 5 aromatic rings. The Hall–Kier alpha value is -5.97. The van der Waals surface area contributed by atoms with Gasteiger partial charge in [-0.25, -0.2) is 4.39 Å². The number of carbonyl (C=O) groups is 2. The van der Waals surface area contributed by atoms with Gasteiger partial charge in [-0.1, -0.05) is 36.4 Å². The average molecular weight is 763 g/mol. The third-order valence-corrected chi connectivity index (χ3v) is 12.6. The molecule has 0 radical (unpaired) electrons. The molecule has 0 spiro atoms. The van der Waals surface area contributed by atoms with Gasteiger partial charge in [0.1, 0.15) is 5.67 Å². The molecule has 2 bridgehead atoms. The lowest BCUT2D eigenvalue weighted by atomic mass is 9.35. The summed E-state index contributed by atoms with van der Waals surface area (Å²) in [7, 11) is 1.93. The summed E-state index contributed by atoms with van der Waals surface area (Å²) in [6.07, 6.45) is 9.70. The standard InChI is InChI=1S/C46H47FN8O2/c1-26-6-11-34(40(52-26)28-8-9-30-22-50-43(56)37(30)16-28)32(20-48)21-49-25-46-18-31(19-46)39(46)42-36-13-10-29(17-38(36)44(57)54(42)5)41-35(12-7-27(2)53-41)33-23-51-55(24-33)15-14-45(3,4)47/h6-13,16-17,20-21,23-24,31,39,42H,14-15,18-19,22,25,48H2,1-5H3,(H,50,56). The molecule has 57 heavy (non-hydrogen) atoms. The Bertz CT molecular complexity index is 2520. The lowest BCUT2D eigenvalue weighted by Crippen LogP contribution is -2.66. The van der Waals surface area contributed by atoms with E-state index in [0.29, 0.717) is 43.5 Å². The molecular weight excluding hydrogens is 716 g/mol. The monoisotopic (exact) mass is 762 g/mol. The van der Waals surface area contributed by atoms with Crippen LogP contribution in [-0.4, -0.2) is 61.9 Å². The fraction of sp³-hybridized carbons (Fsp3) is 0.348. The zero-order valence-corrected chi connectivity index (χ0v) is 33.0. The molecule has 2 aliphatic heterocycles. The summed E-state index contributed by atoms with van der Waals surface area (Å²) in [4.78, 5) is 43.2. The minimum Gasteiger partial charge on any atom is -0.404 e. The molecule has 10 rings (SSSR count). The van der Waals surface area contributed by atoms with E-state index in [0.717, 1.165) is 85.7 Å². The van der Waals surface area contributed by atoms with Gasteiger partial charge >= 0.3 is 0 Å². The predicted molar refractivity (Wildman–Crippen MR) is 220 cm³/mol. The van der Waals surface area contributed by atoms with Gasteiger partial charge in [0.15, 0.2) is 0 Å². The summed E-state index contributed by atoms with van der Waals surface area (Å²) in [5.41, 5.74) is 16.8. The highest BCUT2D eigenvalue weighted by molar-refractivity contribution is 6.12. The lowest BCUT2D eigenvalue weighted by molar-refractivity contribution is -0.207. The maximum Gasteiger partial charge on any atom is 0.254 e. The topological polar surface area (TPSA) is 131 Å². The van der Waals surface area contributed by atoms with Gasteiger partial charge in [-0.2, -0.15) is 5.10 Å². The minimum absolute atomic E-state index is 0.00482. The summed E-state index contributed by atoms with van der Waals surface area (Å²) < 4.78 is 16.0. The van der Waals surface area contributed by atoms with Crippen LogP contribution in [0.1, 0.15) is 87.9 Å². The van der Waals surface area contributed by atoms with E-state index in [4.69, 9.17) is 20.7 Å². The van der Waals surface area contributed by atoms with Crippen LogP contribution in [0.5, 0.6) is 0 Å². The van der Waals surface area contributed by atoms with Crippen LogP contribution in [0.25, 0.3) is 39.2 Å². The maximum atomic E-state index is 14.2. The Morgan fingerprint density at radius 3 is 2.42 bits per heavy atom. The van der Waals surface area contributed by atoms with Gasteiger partial charge in [-0.15, -0.1) is 0 Å². The van der Waals surface area contributed by atoms with Gasteiger partial charge in [-0.3, -0.25) is 29.2 Å². The number of allylic oxidation sites excluding steroid dienone is 1. The predicted octanol–water partition coefficient (Wildman–Crippen LogP) is 7.90. The van der Waals surface area contributed by atoms with Crippen LogP contribution >= 0.6 is 0 Å². The first kappa shape index (κ1) is 36.7. The van der Waals surface area contributed by atoms with Crippen LogP contribution in [0.4, 0.5) is 4.39 Å². The second-order valence-corrected chi connectivity index (χ2v) is 17.0. The molecule has 290 valence electrons. The fourth-order valence-corrected chi connectivity index (χ4v) is 9.54.